The largest absolute Gasteiger partial charge is 0.481 e. The van der Waals surface area contributed by atoms with Crippen LogP contribution in [0.25, 0.3) is 22.2 Å². The molecule has 6 rings (SSSR count). The van der Waals surface area contributed by atoms with Gasteiger partial charge in [-0.15, -0.1) is 5.92 Å². The second kappa shape index (κ2) is 10.1. The van der Waals surface area contributed by atoms with Crippen molar-refractivity contribution in [2.75, 3.05) is 7.11 Å². The van der Waals surface area contributed by atoms with E-state index in [1.54, 1.807) is 19.3 Å². The first-order chi connectivity index (χ1) is 19.4. The van der Waals surface area contributed by atoms with Crippen molar-refractivity contribution in [1.29, 1.82) is 0 Å². The second-order valence-corrected chi connectivity index (χ2v) is 10.7. The van der Waals surface area contributed by atoms with Gasteiger partial charge in [0.15, 0.2) is 0 Å². The minimum Gasteiger partial charge on any atom is -0.481 e. The molecular weight excluding hydrogens is 506 g/mol. The number of benzene rings is 2. The smallest absolute Gasteiger partial charge is 0.316 e. The molecule has 1 amide bonds. The Labute approximate surface area is 231 Å². The van der Waals surface area contributed by atoms with E-state index in [2.05, 4.69) is 32.2 Å². The molecule has 2 heterocycles. The van der Waals surface area contributed by atoms with Crippen LogP contribution in [0.15, 0.2) is 54.9 Å². The highest BCUT2D eigenvalue weighted by atomic mass is 16.5. The van der Waals surface area contributed by atoms with Crippen molar-refractivity contribution in [1.82, 2.24) is 25.1 Å². The second-order valence-electron chi connectivity index (χ2n) is 10.7. The molecule has 2 aromatic heterocycles. The highest BCUT2D eigenvalue weighted by Crippen LogP contribution is 2.58. The number of carbonyl (C=O) groups excluding carboxylic acids is 1. The molecule has 0 bridgehead atoms. The van der Waals surface area contributed by atoms with E-state index in [0.29, 0.717) is 31.0 Å². The van der Waals surface area contributed by atoms with E-state index in [1.165, 1.54) is 7.11 Å². The number of aromatic nitrogens is 4. The summed E-state index contributed by atoms with van der Waals surface area (Å²) in [6.45, 7) is 2.26. The van der Waals surface area contributed by atoms with Crippen LogP contribution in [0.1, 0.15) is 54.1 Å². The molecule has 4 aromatic rings. The molecule has 2 aliphatic rings. The number of carbonyl (C=O) groups is 2. The van der Waals surface area contributed by atoms with E-state index in [4.69, 9.17) is 4.74 Å². The van der Waals surface area contributed by atoms with Crippen molar-refractivity contribution in [3.05, 3.63) is 71.5 Å². The van der Waals surface area contributed by atoms with Crippen LogP contribution in [0.5, 0.6) is 6.01 Å². The number of ether oxygens (including phenoxy) is 1. The number of rotatable bonds is 7. The minimum atomic E-state index is -0.715. The van der Waals surface area contributed by atoms with Gasteiger partial charge in [-0.2, -0.15) is 10.1 Å². The van der Waals surface area contributed by atoms with Crippen LogP contribution in [0.4, 0.5) is 0 Å². The van der Waals surface area contributed by atoms with Crippen LogP contribution in [0.3, 0.4) is 0 Å². The van der Waals surface area contributed by atoms with Gasteiger partial charge in [-0.3, -0.25) is 14.3 Å². The summed E-state index contributed by atoms with van der Waals surface area (Å²) < 4.78 is 6.98. The zero-order chi connectivity index (χ0) is 27.9. The van der Waals surface area contributed by atoms with Crippen LogP contribution in [-0.2, 0) is 11.3 Å². The third-order valence-electron chi connectivity index (χ3n) is 8.11. The first kappa shape index (κ1) is 25.6. The van der Waals surface area contributed by atoms with Crippen molar-refractivity contribution in [2.24, 2.45) is 11.3 Å². The highest BCUT2D eigenvalue weighted by Gasteiger charge is 2.55. The molecule has 2 aromatic carbocycles. The summed E-state index contributed by atoms with van der Waals surface area (Å²) in [5, 5.41) is 17.9. The number of carboxylic acid groups (broad SMARTS) is 1. The first-order valence-corrected chi connectivity index (χ1v) is 13.3. The molecule has 1 spiro atoms. The van der Waals surface area contributed by atoms with Gasteiger partial charge in [0.05, 0.1) is 42.5 Å². The molecule has 2 N–H and O–H groups in total. The topological polar surface area (TPSA) is 119 Å². The van der Waals surface area contributed by atoms with Crippen LogP contribution in [0, 0.1) is 23.2 Å². The summed E-state index contributed by atoms with van der Waals surface area (Å²) >= 11 is 0. The van der Waals surface area contributed by atoms with Crippen molar-refractivity contribution in [2.45, 2.75) is 45.2 Å². The number of aliphatic carboxylic acids is 1. The highest BCUT2D eigenvalue weighted by molar-refractivity contribution is 6.07. The van der Waals surface area contributed by atoms with Gasteiger partial charge in [0.1, 0.15) is 0 Å². The molecule has 202 valence electrons. The van der Waals surface area contributed by atoms with Gasteiger partial charge in [0, 0.05) is 28.8 Å². The maximum absolute atomic E-state index is 13.5. The molecule has 9 heteroatoms. The number of carboxylic acids is 1. The summed E-state index contributed by atoms with van der Waals surface area (Å²) in [5.41, 5.74) is 4.93. The van der Waals surface area contributed by atoms with Crippen LogP contribution < -0.4 is 10.1 Å². The Hall–Kier alpha value is -4.71. The van der Waals surface area contributed by atoms with Crippen molar-refractivity contribution >= 4 is 22.8 Å². The van der Waals surface area contributed by atoms with Gasteiger partial charge >= 0.3 is 12.0 Å². The Morgan fingerprint density at radius 3 is 2.60 bits per heavy atom. The molecule has 40 heavy (non-hydrogen) atoms. The third kappa shape index (κ3) is 4.66. The quantitative estimate of drug-likeness (QED) is 0.339. The molecule has 2 aliphatic carbocycles. The zero-order valence-electron chi connectivity index (χ0n) is 22.3. The number of methoxy groups -OCH3 is 1. The summed E-state index contributed by atoms with van der Waals surface area (Å²) in [7, 11) is 1.54. The predicted octanol–water partition coefficient (Wildman–Crippen LogP) is 4.29. The van der Waals surface area contributed by atoms with Gasteiger partial charge in [0.2, 0.25) is 0 Å². The fraction of sp³-hybridized carbons (Fsp3) is 0.323. The lowest BCUT2D eigenvalue weighted by atomic mass is 9.50. The summed E-state index contributed by atoms with van der Waals surface area (Å²) in [5.74, 6) is 4.97. The van der Waals surface area contributed by atoms with Gasteiger partial charge in [0.25, 0.3) is 5.91 Å². The summed E-state index contributed by atoms with van der Waals surface area (Å²) in [6.07, 6.45) is 6.51. The summed E-state index contributed by atoms with van der Waals surface area (Å²) in [6, 6.07) is 13.9. The van der Waals surface area contributed by atoms with Crippen LogP contribution in [0.2, 0.25) is 0 Å². The van der Waals surface area contributed by atoms with E-state index < -0.39 is 5.97 Å². The normalized spacial score (nSPS) is 21.1. The zero-order valence-corrected chi connectivity index (χ0v) is 22.3. The maximum atomic E-state index is 13.5. The molecule has 0 atom stereocenters. The Morgan fingerprint density at radius 2 is 1.90 bits per heavy atom. The average molecular weight is 536 g/mol. The number of amides is 1. The Kier molecular flexibility index (Phi) is 6.46. The van der Waals surface area contributed by atoms with E-state index in [9.17, 15) is 14.7 Å². The van der Waals surface area contributed by atoms with Gasteiger partial charge in [-0.05, 0) is 61.8 Å². The Morgan fingerprint density at radius 1 is 1.12 bits per heavy atom. The Bertz CT molecular complexity index is 1670. The molecular formula is C31H29N5O4. The van der Waals surface area contributed by atoms with E-state index in [-0.39, 0.29) is 23.3 Å². The molecule has 0 radical (unpaired) electrons. The molecule has 0 aliphatic heterocycles. The number of fused-ring (bicyclic) bond motifs is 1. The van der Waals surface area contributed by atoms with Gasteiger partial charge in [-0.1, -0.05) is 30.2 Å². The lowest BCUT2D eigenvalue weighted by Gasteiger charge is -2.56. The summed E-state index contributed by atoms with van der Waals surface area (Å²) in [4.78, 5) is 33.1. The van der Waals surface area contributed by atoms with Crippen molar-refractivity contribution in [3.8, 4) is 29.1 Å². The lowest BCUT2D eigenvalue weighted by molar-refractivity contribution is -0.155. The number of nitrogens with one attached hydrogen (secondary N) is 1. The number of hydrogen-bond acceptors (Lipinski definition) is 6. The number of hydrogen-bond donors (Lipinski definition) is 2. The van der Waals surface area contributed by atoms with E-state index in [1.807, 2.05) is 47.1 Å². The van der Waals surface area contributed by atoms with Crippen molar-refractivity contribution in [3.63, 3.8) is 0 Å². The fourth-order valence-electron chi connectivity index (χ4n) is 6.15. The van der Waals surface area contributed by atoms with Gasteiger partial charge in [-0.25, -0.2) is 4.98 Å². The predicted molar refractivity (Wildman–Crippen MR) is 149 cm³/mol. The van der Waals surface area contributed by atoms with Crippen LogP contribution in [-0.4, -0.2) is 49.9 Å². The maximum Gasteiger partial charge on any atom is 0.316 e. The molecule has 0 unspecified atom stereocenters. The molecule has 2 saturated carbocycles. The fourth-order valence-corrected chi connectivity index (χ4v) is 6.15. The monoisotopic (exact) mass is 535 g/mol. The lowest BCUT2D eigenvalue weighted by Crippen LogP contribution is -2.57. The number of nitrogens with zero attached hydrogens (tertiary/aromatic N) is 4. The van der Waals surface area contributed by atoms with Gasteiger partial charge < -0.3 is 15.2 Å². The molecule has 9 nitrogen and oxygen atoms in total. The standard InChI is InChI=1S/C31H29N5O4/c1-3-4-20-9-10-24(28(37)34-23-15-31(16-23)13-22(14-31)29(38)39)27-25(20)17-33-36(27)18-19-5-7-21(8-6-19)26-11-12-32-30(35-26)40-2/h5-12,17,22-23H,13-16,18H2,1-2H3,(H,34,37)(H,38,39). The SMILES string of the molecule is CC#Cc1ccc(C(=O)NC2CC3(C2)CC(C(=O)O)C3)c2c1cnn2Cc1ccc(-c2ccnc(OC)n2)cc1. The van der Waals surface area contributed by atoms with Crippen molar-refractivity contribution < 1.29 is 19.4 Å². The Balaban J connectivity index is 1.23. The average Bonchev–Trinajstić information content (AvgIpc) is 3.33. The molecule has 0 saturated heterocycles. The van der Waals surface area contributed by atoms with E-state index in [0.717, 1.165) is 46.1 Å². The van der Waals surface area contributed by atoms with E-state index >= 15 is 0 Å². The molecule has 2 fully saturated rings. The third-order valence-corrected chi connectivity index (χ3v) is 8.11. The first-order valence-electron chi connectivity index (χ1n) is 13.3. The van der Waals surface area contributed by atoms with Crippen LogP contribution >= 0.6 is 0 Å². The minimum absolute atomic E-state index is 0.0525.